The van der Waals surface area contributed by atoms with E-state index in [2.05, 4.69) is 11.6 Å². The average molecular weight is 123 g/mol. The smallest absolute Gasteiger partial charge is 0.0875 e. The fourth-order valence-corrected chi connectivity index (χ4v) is 0.750. The highest BCUT2D eigenvalue weighted by Crippen LogP contribution is 2.07. The van der Waals surface area contributed by atoms with Crippen molar-refractivity contribution in [2.75, 3.05) is 0 Å². The third-order valence-corrected chi connectivity index (χ3v) is 1.14. The second-order valence-electron chi connectivity index (χ2n) is 2.02. The molecule has 1 heterocycles. The lowest BCUT2D eigenvalue weighted by molar-refractivity contribution is 0.386. The number of aliphatic hydroxyl groups excluding tert-OH is 1. The second kappa shape index (κ2) is 2.49. The molecule has 48 valence electrons. The van der Waals surface area contributed by atoms with Crippen LogP contribution in [0.15, 0.2) is 29.5 Å². The largest absolute Gasteiger partial charge is 0.513 e. The minimum absolute atomic E-state index is 0.127. The molecule has 0 aromatic carbocycles. The van der Waals surface area contributed by atoms with Gasteiger partial charge in [-0.2, -0.15) is 0 Å². The summed E-state index contributed by atoms with van der Waals surface area (Å²) in [6, 6.07) is 0.127. The lowest BCUT2D eigenvalue weighted by Gasteiger charge is -2.00. The normalized spacial score (nSPS) is 22.9. The van der Waals surface area contributed by atoms with Gasteiger partial charge in [0, 0.05) is 12.6 Å². The van der Waals surface area contributed by atoms with Gasteiger partial charge in [-0.15, -0.1) is 0 Å². The van der Waals surface area contributed by atoms with Gasteiger partial charge in [0.1, 0.15) is 0 Å². The van der Waals surface area contributed by atoms with Crippen molar-refractivity contribution >= 4 is 6.21 Å². The van der Waals surface area contributed by atoms with Crippen molar-refractivity contribution in [1.82, 2.24) is 0 Å². The SMILES string of the molecule is C=C(O)CC1C=CC=N1. The molecule has 0 bridgehead atoms. The lowest BCUT2D eigenvalue weighted by Crippen LogP contribution is -1.97. The number of hydrogen-bond acceptors (Lipinski definition) is 2. The van der Waals surface area contributed by atoms with Crippen LogP contribution >= 0.6 is 0 Å². The van der Waals surface area contributed by atoms with Gasteiger partial charge < -0.3 is 5.11 Å². The van der Waals surface area contributed by atoms with Crippen molar-refractivity contribution in [2.24, 2.45) is 4.99 Å². The van der Waals surface area contributed by atoms with E-state index < -0.39 is 0 Å². The van der Waals surface area contributed by atoms with Crippen molar-refractivity contribution < 1.29 is 5.11 Å². The van der Waals surface area contributed by atoms with Crippen LogP contribution in [0.25, 0.3) is 0 Å². The molecule has 1 N–H and O–H groups in total. The van der Waals surface area contributed by atoms with Crippen LogP contribution in [0.1, 0.15) is 6.42 Å². The molecule has 1 rings (SSSR count). The molecule has 2 heteroatoms. The molecular weight excluding hydrogens is 114 g/mol. The van der Waals surface area contributed by atoms with Gasteiger partial charge in [0.2, 0.25) is 0 Å². The van der Waals surface area contributed by atoms with E-state index in [1.54, 1.807) is 6.21 Å². The summed E-state index contributed by atoms with van der Waals surface area (Å²) in [6.45, 7) is 3.37. The second-order valence-corrected chi connectivity index (χ2v) is 2.02. The minimum Gasteiger partial charge on any atom is -0.513 e. The zero-order valence-corrected chi connectivity index (χ0v) is 5.12. The molecule has 0 saturated heterocycles. The number of hydrogen-bond donors (Lipinski definition) is 1. The van der Waals surface area contributed by atoms with Gasteiger partial charge in [-0.3, -0.25) is 4.99 Å². The summed E-state index contributed by atoms with van der Waals surface area (Å²) >= 11 is 0. The van der Waals surface area contributed by atoms with Crippen LogP contribution in [0, 0.1) is 0 Å². The van der Waals surface area contributed by atoms with Gasteiger partial charge in [0.25, 0.3) is 0 Å². The van der Waals surface area contributed by atoms with Gasteiger partial charge in [-0.25, -0.2) is 0 Å². The van der Waals surface area contributed by atoms with E-state index in [9.17, 15) is 0 Å². The Kier molecular flexibility index (Phi) is 1.68. The fourth-order valence-electron chi connectivity index (χ4n) is 0.750. The maximum Gasteiger partial charge on any atom is 0.0875 e. The monoisotopic (exact) mass is 123 g/mol. The summed E-state index contributed by atoms with van der Waals surface area (Å²) < 4.78 is 0. The molecule has 9 heavy (non-hydrogen) atoms. The Morgan fingerprint density at radius 1 is 1.78 bits per heavy atom. The molecular formula is C7H9NO. The zero-order valence-electron chi connectivity index (χ0n) is 5.12. The molecule has 0 fully saturated rings. The highest BCUT2D eigenvalue weighted by molar-refractivity contribution is 5.74. The fraction of sp³-hybridized carbons (Fsp3) is 0.286. The Balaban J connectivity index is 2.37. The Morgan fingerprint density at radius 2 is 2.56 bits per heavy atom. The first-order valence-corrected chi connectivity index (χ1v) is 2.86. The topological polar surface area (TPSA) is 32.6 Å². The summed E-state index contributed by atoms with van der Waals surface area (Å²) in [5.74, 6) is 0.198. The maximum atomic E-state index is 8.71. The van der Waals surface area contributed by atoms with E-state index in [1.807, 2.05) is 12.2 Å². The Bertz CT molecular complexity index is 158. The van der Waals surface area contributed by atoms with E-state index in [0.717, 1.165) is 0 Å². The molecule has 1 aliphatic heterocycles. The van der Waals surface area contributed by atoms with Gasteiger partial charge >= 0.3 is 0 Å². The first-order chi connectivity index (χ1) is 4.29. The zero-order chi connectivity index (χ0) is 6.69. The molecule has 0 amide bonds. The summed E-state index contributed by atoms with van der Waals surface area (Å²) in [6.07, 6.45) is 6.08. The van der Waals surface area contributed by atoms with Crippen LogP contribution in [-0.4, -0.2) is 17.4 Å². The van der Waals surface area contributed by atoms with Crippen molar-refractivity contribution in [1.29, 1.82) is 0 Å². The molecule has 2 nitrogen and oxygen atoms in total. The van der Waals surface area contributed by atoms with Crippen molar-refractivity contribution in [2.45, 2.75) is 12.5 Å². The highest BCUT2D eigenvalue weighted by atomic mass is 16.3. The van der Waals surface area contributed by atoms with E-state index in [0.29, 0.717) is 6.42 Å². The van der Waals surface area contributed by atoms with Crippen LogP contribution in [0.2, 0.25) is 0 Å². The molecule has 0 spiro atoms. The van der Waals surface area contributed by atoms with Crippen molar-refractivity contribution in [3.63, 3.8) is 0 Å². The molecule has 1 aliphatic rings. The van der Waals surface area contributed by atoms with Gasteiger partial charge in [0.05, 0.1) is 11.8 Å². The van der Waals surface area contributed by atoms with E-state index in [1.165, 1.54) is 0 Å². The minimum atomic E-state index is 0.127. The number of aliphatic imine (C=N–C) groups is 1. The van der Waals surface area contributed by atoms with E-state index in [-0.39, 0.29) is 11.8 Å². The van der Waals surface area contributed by atoms with Crippen molar-refractivity contribution in [3.8, 4) is 0 Å². The molecule has 1 unspecified atom stereocenters. The van der Waals surface area contributed by atoms with Gasteiger partial charge in [-0.1, -0.05) is 12.7 Å². The summed E-state index contributed by atoms with van der Waals surface area (Å²) in [5.41, 5.74) is 0. The highest BCUT2D eigenvalue weighted by Gasteiger charge is 2.04. The standard InChI is InChI=1S/C7H9NO/c1-6(9)5-7-3-2-4-8-7/h2-4,7,9H,1,5H2. The molecule has 0 radical (unpaired) electrons. The Morgan fingerprint density at radius 3 is 3.00 bits per heavy atom. The predicted molar refractivity (Wildman–Crippen MR) is 37.8 cm³/mol. The average Bonchev–Trinajstić information content (AvgIpc) is 2.15. The first kappa shape index (κ1) is 6.08. The van der Waals surface area contributed by atoms with Crippen LogP contribution < -0.4 is 0 Å². The van der Waals surface area contributed by atoms with Crippen LogP contribution in [0.5, 0.6) is 0 Å². The summed E-state index contributed by atoms with van der Waals surface area (Å²) in [5, 5.41) is 8.71. The maximum absolute atomic E-state index is 8.71. The van der Waals surface area contributed by atoms with Crippen LogP contribution in [0.4, 0.5) is 0 Å². The Hall–Kier alpha value is -1.05. The van der Waals surface area contributed by atoms with Crippen LogP contribution in [0.3, 0.4) is 0 Å². The van der Waals surface area contributed by atoms with E-state index >= 15 is 0 Å². The van der Waals surface area contributed by atoms with Gasteiger partial charge in [-0.05, 0) is 6.08 Å². The number of rotatable bonds is 2. The van der Waals surface area contributed by atoms with Crippen LogP contribution in [-0.2, 0) is 0 Å². The molecule has 1 atom stereocenters. The summed E-state index contributed by atoms with van der Waals surface area (Å²) in [4.78, 5) is 4.02. The number of allylic oxidation sites excluding steroid dienone is 1. The molecule has 0 saturated carbocycles. The van der Waals surface area contributed by atoms with Gasteiger partial charge in [0.15, 0.2) is 0 Å². The molecule has 0 aliphatic carbocycles. The van der Waals surface area contributed by atoms with E-state index in [4.69, 9.17) is 5.11 Å². The summed E-state index contributed by atoms with van der Waals surface area (Å²) in [7, 11) is 0. The Labute approximate surface area is 54.2 Å². The quantitative estimate of drug-likeness (QED) is 0.554. The lowest BCUT2D eigenvalue weighted by atomic mass is 10.2. The first-order valence-electron chi connectivity index (χ1n) is 2.86. The predicted octanol–water partition coefficient (Wildman–Crippen LogP) is 1.46. The van der Waals surface area contributed by atoms with Crippen molar-refractivity contribution in [3.05, 3.63) is 24.5 Å². The third-order valence-electron chi connectivity index (χ3n) is 1.14. The molecule has 0 aromatic rings. The molecule has 0 aromatic heterocycles. The number of aliphatic hydroxyl groups is 1. The number of nitrogens with zero attached hydrogens (tertiary/aromatic N) is 1. The third kappa shape index (κ3) is 1.72.